The van der Waals surface area contributed by atoms with Crippen molar-refractivity contribution >= 4 is 11.7 Å². The molecule has 0 radical (unpaired) electrons. The van der Waals surface area contributed by atoms with E-state index >= 15 is 0 Å². The van der Waals surface area contributed by atoms with Crippen molar-refractivity contribution in [3.8, 4) is 0 Å². The van der Waals surface area contributed by atoms with Gasteiger partial charge in [0.1, 0.15) is 0 Å². The molecule has 0 saturated carbocycles. The zero-order valence-electron chi connectivity index (χ0n) is 8.72. The molecule has 4 heteroatoms. The molecule has 0 aliphatic rings. The molecule has 0 unspecified atom stereocenters. The van der Waals surface area contributed by atoms with E-state index in [0.29, 0.717) is 12.8 Å². The fourth-order valence-electron chi connectivity index (χ4n) is 1.32. The molecule has 0 bridgehead atoms. The van der Waals surface area contributed by atoms with Crippen molar-refractivity contribution in [2.75, 3.05) is 0 Å². The normalized spacial score (nSPS) is 10.0. The standard InChI is InChI=1S/C10H21N3O/c11-9(12)7-5-3-1-2-4-6-8-10(13)14/h1-8H2,(H3,11,12)(H2,13,14). The Morgan fingerprint density at radius 3 is 1.71 bits per heavy atom. The molecule has 0 saturated heterocycles. The summed E-state index contributed by atoms with van der Waals surface area (Å²) in [4.78, 5) is 10.4. The van der Waals surface area contributed by atoms with Gasteiger partial charge in [0.2, 0.25) is 5.91 Å². The van der Waals surface area contributed by atoms with E-state index in [1.54, 1.807) is 0 Å². The Morgan fingerprint density at radius 1 is 0.857 bits per heavy atom. The van der Waals surface area contributed by atoms with Crippen LogP contribution in [0.1, 0.15) is 51.4 Å². The number of unbranched alkanes of at least 4 members (excludes halogenated alkanes) is 5. The Labute approximate surface area is 85.6 Å². The monoisotopic (exact) mass is 199 g/mol. The smallest absolute Gasteiger partial charge is 0.217 e. The summed E-state index contributed by atoms with van der Waals surface area (Å²) < 4.78 is 0. The third-order valence-electron chi connectivity index (χ3n) is 2.12. The molecule has 0 heterocycles. The van der Waals surface area contributed by atoms with Crippen LogP contribution < -0.4 is 11.5 Å². The average molecular weight is 199 g/mol. The van der Waals surface area contributed by atoms with E-state index in [-0.39, 0.29) is 11.7 Å². The van der Waals surface area contributed by atoms with Crippen LogP contribution in [0.3, 0.4) is 0 Å². The Hall–Kier alpha value is -1.06. The molecule has 0 aliphatic heterocycles. The predicted molar refractivity (Wildman–Crippen MR) is 58.0 cm³/mol. The van der Waals surface area contributed by atoms with E-state index in [2.05, 4.69) is 0 Å². The maximum atomic E-state index is 10.4. The fourth-order valence-corrected chi connectivity index (χ4v) is 1.32. The molecule has 0 aromatic carbocycles. The SMILES string of the molecule is N=C(N)CCCCCCCCC(N)=O. The number of nitrogens with two attached hydrogens (primary N) is 2. The number of rotatable bonds is 9. The highest BCUT2D eigenvalue weighted by molar-refractivity contribution is 5.76. The maximum absolute atomic E-state index is 10.4. The molecule has 4 nitrogen and oxygen atoms in total. The number of hydrogen-bond donors (Lipinski definition) is 3. The lowest BCUT2D eigenvalue weighted by molar-refractivity contribution is -0.118. The van der Waals surface area contributed by atoms with Gasteiger partial charge >= 0.3 is 0 Å². The molecule has 0 spiro atoms. The van der Waals surface area contributed by atoms with E-state index in [1.165, 1.54) is 0 Å². The number of primary amides is 1. The minimum Gasteiger partial charge on any atom is -0.388 e. The van der Waals surface area contributed by atoms with Gasteiger partial charge in [-0.15, -0.1) is 0 Å². The number of hydrogen-bond acceptors (Lipinski definition) is 2. The van der Waals surface area contributed by atoms with Crippen LogP contribution in [0.25, 0.3) is 0 Å². The van der Waals surface area contributed by atoms with E-state index in [0.717, 1.165) is 38.5 Å². The van der Waals surface area contributed by atoms with Gasteiger partial charge in [-0.2, -0.15) is 0 Å². The van der Waals surface area contributed by atoms with Crippen LogP contribution in [0.15, 0.2) is 0 Å². The molecule has 14 heavy (non-hydrogen) atoms. The Morgan fingerprint density at radius 2 is 1.29 bits per heavy atom. The van der Waals surface area contributed by atoms with Crippen LogP contribution in [0.4, 0.5) is 0 Å². The zero-order chi connectivity index (χ0) is 10.8. The van der Waals surface area contributed by atoms with Gasteiger partial charge in [0.05, 0.1) is 5.84 Å². The van der Waals surface area contributed by atoms with Gasteiger partial charge in [0, 0.05) is 12.8 Å². The van der Waals surface area contributed by atoms with Crippen LogP contribution in [-0.4, -0.2) is 11.7 Å². The predicted octanol–water partition coefficient (Wildman–Crippen LogP) is 1.53. The molecule has 0 aromatic rings. The average Bonchev–Trinajstić information content (AvgIpc) is 2.08. The summed E-state index contributed by atoms with van der Waals surface area (Å²) >= 11 is 0. The summed E-state index contributed by atoms with van der Waals surface area (Å²) in [5, 5.41) is 7.01. The molecule has 0 aromatic heterocycles. The molecular weight excluding hydrogens is 178 g/mol. The van der Waals surface area contributed by atoms with Crippen LogP contribution in [0.2, 0.25) is 0 Å². The minimum absolute atomic E-state index is 0.207. The Kier molecular flexibility index (Phi) is 7.89. The molecule has 82 valence electrons. The largest absolute Gasteiger partial charge is 0.388 e. The first-order valence-corrected chi connectivity index (χ1v) is 5.24. The van der Waals surface area contributed by atoms with E-state index in [4.69, 9.17) is 16.9 Å². The van der Waals surface area contributed by atoms with Crippen LogP contribution >= 0.6 is 0 Å². The first-order chi connectivity index (χ1) is 6.63. The topological polar surface area (TPSA) is 93.0 Å². The van der Waals surface area contributed by atoms with Gasteiger partial charge in [-0.1, -0.05) is 25.7 Å². The Bertz CT molecular complexity index is 160. The minimum atomic E-state index is -0.207. The number of carbonyl (C=O) groups excluding carboxylic acids is 1. The fraction of sp³-hybridized carbons (Fsp3) is 0.800. The second-order valence-corrected chi connectivity index (χ2v) is 3.61. The second-order valence-electron chi connectivity index (χ2n) is 3.61. The summed E-state index contributed by atoms with van der Waals surface area (Å²) in [5.74, 6) is 0.0697. The van der Waals surface area contributed by atoms with Crippen molar-refractivity contribution in [2.45, 2.75) is 51.4 Å². The quantitative estimate of drug-likeness (QED) is 0.298. The number of amides is 1. The first kappa shape index (κ1) is 12.9. The first-order valence-electron chi connectivity index (χ1n) is 5.24. The molecule has 0 atom stereocenters. The highest BCUT2D eigenvalue weighted by Gasteiger charge is 1.95. The van der Waals surface area contributed by atoms with Crippen molar-refractivity contribution in [3.63, 3.8) is 0 Å². The van der Waals surface area contributed by atoms with Gasteiger partial charge in [0.25, 0.3) is 0 Å². The zero-order valence-corrected chi connectivity index (χ0v) is 8.72. The van der Waals surface area contributed by atoms with Crippen molar-refractivity contribution < 1.29 is 4.79 Å². The molecule has 1 amide bonds. The summed E-state index contributed by atoms with van der Waals surface area (Å²) in [7, 11) is 0. The van der Waals surface area contributed by atoms with E-state index in [9.17, 15) is 4.79 Å². The maximum Gasteiger partial charge on any atom is 0.217 e. The van der Waals surface area contributed by atoms with Crippen molar-refractivity contribution in [2.24, 2.45) is 11.5 Å². The van der Waals surface area contributed by atoms with Crippen LogP contribution in [0, 0.1) is 5.41 Å². The van der Waals surface area contributed by atoms with Gasteiger partial charge < -0.3 is 11.5 Å². The van der Waals surface area contributed by atoms with Gasteiger partial charge in [-0.3, -0.25) is 10.2 Å². The summed E-state index contributed by atoms with van der Waals surface area (Å²) in [6, 6.07) is 0. The van der Waals surface area contributed by atoms with Gasteiger partial charge in [0.15, 0.2) is 0 Å². The van der Waals surface area contributed by atoms with Crippen molar-refractivity contribution in [3.05, 3.63) is 0 Å². The summed E-state index contributed by atoms with van der Waals surface area (Å²) in [5.41, 5.74) is 10.2. The van der Waals surface area contributed by atoms with Gasteiger partial charge in [-0.05, 0) is 12.8 Å². The lowest BCUT2D eigenvalue weighted by Gasteiger charge is -2.00. The van der Waals surface area contributed by atoms with Crippen molar-refractivity contribution in [1.82, 2.24) is 0 Å². The summed E-state index contributed by atoms with van der Waals surface area (Å²) in [6.45, 7) is 0. The molecule has 0 rings (SSSR count). The number of carbonyl (C=O) groups is 1. The number of nitrogens with one attached hydrogen (secondary N) is 1. The van der Waals surface area contributed by atoms with Crippen molar-refractivity contribution in [1.29, 1.82) is 5.41 Å². The molecular formula is C10H21N3O. The molecule has 0 aliphatic carbocycles. The third kappa shape index (κ3) is 10.9. The Balaban J connectivity index is 2.99. The van der Waals surface area contributed by atoms with E-state index in [1.807, 2.05) is 0 Å². The molecule has 5 N–H and O–H groups in total. The lowest BCUT2D eigenvalue weighted by Crippen LogP contribution is -2.09. The van der Waals surface area contributed by atoms with Gasteiger partial charge in [-0.25, -0.2) is 0 Å². The lowest BCUT2D eigenvalue weighted by atomic mass is 10.1. The van der Waals surface area contributed by atoms with Crippen LogP contribution in [0.5, 0.6) is 0 Å². The second kappa shape index (κ2) is 8.53. The summed E-state index contributed by atoms with van der Waals surface area (Å²) in [6.07, 6.45) is 7.62. The third-order valence-corrected chi connectivity index (χ3v) is 2.12. The number of amidine groups is 1. The highest BCUT2D eigenvalue weighted by Crippen LogP contribution is 2.07. The highest BCUT2D eigenvalue weighted by atomic mass is 16.1. The van der Waals surface area contributed by atoms with E-state index < -0.39 is 0 Å². The molecule has 0 fully saturated rings. The van der Waals surface area contributed by atoms with Crippen LogP contribution in [-0.2, 0) is 4.79 Å².